The van der Waals surface area contributed by atoms with Gasteiger partial charge in [0.2, 0.25) is 5.91 Å². The molecule has 24 heavy (non-hydrogen) atoms. The molecule has 1 atom stereocenters. The molecule has 0 bridgehead atoms. The second-order valence-corrected chi connectivity index (χ2v) is 6.34. The van der Waals surface area contributed by atoms with Crippen LogP contribution in [-0.2, 0) is 4.79 Å². The summed E-state index contributed by atoms with van der Waals surface area (Å²) in [5, 5.41) is 6.87. The van der Waals surface area contributed by atoms with Gasteiger partial charge in [0.05, 0.1) is 6.04 Å². The van der Waals surface area contributed by atoms with Crippen molar-refractivity contribution < 1.29 is 4.79 Å². The van der Waals surface area contributed by atoms with Gasteiger partial charge in [-0.2, -0.15) is 0 Å². The smallest absolute Gasteiger partial charge is 0.241 e. The Hall–Kier alpha value is -2.28. The SMILES string of the molecule is Cc1cc(C#Cc2ccc(NC(=O)[C@H]3CCCN3)cc2)ccc1Cl. The summed E-state index contributed by atoms with van der Waals surface area (Å²) in [6, 6.07) is 13.2. The Morgan fingerprint density at radius 2 is 1.88 bits per heavy atom. The summed E-state index contributed by atoms with van der Waals surface area (Å²) in [7, 11) is 0. The zero-order chi connectivity index (χ0) is 16.9. The van der Waals surface area contributed by atoms with Crippen molar-refractivity contribution in [3.05, 3.63) is 64.2 Å². The Morgan fingerprint density at radius 1 is 1.17 bits per heavy atom. The Bertz CT molecular complexity index is 797. The van der Waals surface area contributed by atoms with Crippen LogP contribution >= 0.6 is 11.6 Å². The van der Waals surface area contributed by atoms with Crippen molar-refractivity contribution >= 4 is 23.2 Å². The van der Waals surface area contributed by atoms with Crippen LogP contribution < -0.4 is 10.6 Å². The van der Waals surface area contributed by atoms with E-state index in [9.17, 15) is 4.79 Å². The Labute approximate surface area is 147 Å². The topological polar surface area (TPSA) is 41.1 Å². The van der Waals surface area contributed by atoms with Crippen LogP contribution in [0.3, 0.4) is 0 Å². The fourth-order valence-corrected chi connectivity index (χ4v) is 2.76. The molecule has 1 saturated heterocycles. The molecule has 1 heterocycles. The van der Waals surface area contributed by atoms with Crippen LogP contribution in [0.2, 0.25) is 5.02 Å². The predicted octanol–water partition coefficient (Wildman–Crippen LogP) is 3.74. The molecule has 2 aromatic rings. The molecule has 1 aliphatic rings. The second kappa shape index (κ2) is 7.53. The minimum Gasteiger partial charge on any atom is -0.325 e. The normalized spacial score (nSPS) is 16.3. The molecular weight excluding hydrogens is 320 g/mol. The number of hydrogen-bond donors (Lipinski definition) is 2. The number of rotatable bonds is 2. The lowest BCUT2D eigenvalue weighted by molar-refractivity contribution is -0.117. The van der Waals surface area contributed by atoms with E-state index in [1.807, 2.05) is 49.4 Å². The van der Waals surface area contributed by atoms with Crippen LogP contribution in [-0.4, -0.2) is 18.5 Å². The van der Waals surface area contributed by atoms with Crippen molar-refractivity contribution in [1.29, 1.82) is 0 Å². The van der Waals surface area contributed by atoms with E-state index in [4.69, 9.17) is 11.6 Å². The monoisotopic (exact) mass is 338 g/mol. The molecule has 3 nitrogen and oxygen atoms in total. The molecule has 0 unspecified atom stereocenters. The van der Waals surface area contributed by atoms with Gasteiger partial charge in [-0.25, -0.2) is 0 Å². The molecule has 0 saturated carbocycles. The molecule has 2 aromatic carbocycles. The van der Waals surface area contributed by atoms with Crippen LogP contribution in [0.25, 0.3) is 0 Å². The first-order chi connectivity index (χ1) is 11.6. The van der Waals surface area contributed by atoms with Crippen LogP contribution in [0.15, 0.2) is 42.5 Å². The summed E-state index contributed by atoms with van der Waals surface area (Å²) in [5.74, 6) is 6.28. The number of hydrogen-bond acceptors (Lipinski definition) is 2. The van der Waals surface area contributed by atoms with E-state index in [1.165, 1.54) is 0 Å². The fraction of sp³-hybridized carbons (Fsp3) is 0.250. The summed E-state index contributed by atoms with van der Waals surface area (Å²) in [5.41, 5.74) is 3.64. The molecule has 122 valence electrons. The molecule has 1 aliphatic heterocycles. The molecule has 4 heteroatoms. The Kier molecular flexibility index (Phi) is 5.20. The number of carbonyl (C=O) groups is 1. The standard InChI is InChI=1S/C20H19ClN2O/c1-14-13-16(8-11-18(14)21)5-4-15-6-9-17(10-7-15)23-20(24)19-3-2-12-22-19/h6-11,13,19,22H,2-3,12H2,1H3,(H,23,24)/t19-/m1/s1. The highest BCUT2D eigenvalue weighted by Gasteiger charge is 2.21. The van der Waals surface area contributed by atoms with Gasteiger partial charge in [-0.05, 0) is 74.3 Å². The second-order valence-electron chi connectivity index (χ2n) is 5.93. The van der Waals surface area contributed by atoms with E-state index in [-0.39, 0.29) is 11.9 Å². The number of carbonyl (C=O) groups excluding carboxylic acids is 1. The molecule has 1 fully saturated rings. The van der Waals surface area contributed by atoms with Crippen molar-refractivity contribution in [2.75, 3.05) is 11.9 Å². The third-order valence-corrected chi connectivity index (χ3v) is 4.46. The molecule has 0 radical (unpaired) electrons. The van der Waals surface area contributed by atoms with Gasteiger partial charge in [0.25, 0.3) is 0 Å². The number of halogens is 1. The summed E-state index contributed by atoms with van der Waals surface area (Å²) in [6.07, 6.45) is 1.95. The van der Waals surface area contributed by atoms with Gasteiger partial charge in [0, 0.05) is 21.8 Å². The number of benzene rings is 2. The maximum atomic E-state index is 12.1. The Balaban J connectivity index is 1.65. The first kappa shape index (κ1) is 16.6. The van der Waals surface area contributed by atoms with Gasteiger partial charge in [0.15, 0.2) is 0 Å². The van der Waals surface area contributed by atoms with Crippen molar-refractivity contribution in [3.8, 4) is 11.8 Å². The molecule has 1 amide bonds. The average Bonchev–Trinajstić information content (AvgIpc) is 3.12. The van der Waals surface area contributed by atoms with Crippen molar-refractivity contribution in [2.45, 2.75) is 25.8 Å². The Morgan fingerprint density at radius 3 is 2.54 bits per heavy atom. The summed E-state index contributed by atoms with van der Waals surface area (Å²) < 4.78 is 0. The van der Waals surface area contributed by atoms with Gasteiger partial charge in [-0.3, -0.25) is 4.79 Å². The van der Waals surface area contributed by atoms with E-state index < -0.39 is 0 Å². The number of amides is 1. The first-order valence-electron chi connectivity index (χ1n) is 8.04. The van der Waals surface area contributed by atoms with E-state index in [1.54, 1.807) is 0 Å². The highest BCUT2D eigenvalue weighted by atomic mass is 35.5. The minimum absolute atomic E-state index is 0.0305. The first-order valence-corrected chi connectivity index (χ1v) is 8.42. The fourth-order valence-electron chi connectivity index (χ4n) is 2.64. The summed E-state index contributed by atoms with van der Waals surface area (Å²) in [6.45, 7) is 2.88. The van der Waals surface area contributed by atoms with Crippen molar-refractivity contribution in [2.24, 2.45) is 0 Å². The minimum atomic E-state index is -0.0717. The highest BCUT2D eigenvalue weighted by Crippen LogP contribution is 2.16. The molecule has 0 aromatic heterocycles. The molecule has 3 rings (SSSR count). The largest absolute Gasteiger partial charge is 0.325 e. The van der Waals surface area contributed by atoms with E-state index in [2.05, 4.69) is 22.5 Å². The van der Waals surface area contributed by atoms with Crippen molar-refractivity contribution in [3.63, 3.8) is 0 Å². The molecule has 0 spiro atoms. The quantitative estimate of drug-likeness (QED) is 0.819. The zero-order valence-electron chi connectivity index (χ0n) is 13.5. The van der Waals surface area contributed by atoms with Gasteiger partial charge < -0.3 is 10.6 Å². The van der Waals surface area contributed by atoms with Crippen molar-refractivity contribution in [1.82, 2.24) is 5.32 Å². The zero-order valence-corrected chi connectivity index (χ0v) is 14.3. The van der Waals surface area contributed by atoms with Crippen LogP contribution in [0.5, 0.6) is 0 Å². The number of aryl methyl sites for hydroxylation is 1. The highest BCUT2D eigenvalue weighted by molar-refractivity contribution is 6.31. The number of anilines is 1. The lowest BCUT2D eigenvalue weighted by Gasteiger charge is -2.10. The molecule has 0 aliphatic carbocycles. The predicted molar refractivity (Wildman–Crippen MR) is 98.3 cm³/mol. The van der Waals surface area contributed by atoms with Gasteiger partial charge >= 0.3 is 0 Å². The average molecular weight is 339 g/mol. The van der Waals surface area contributed by atoms with Crippen LogP contribution in [0.4, 0.5) is 5.69 Å². The van der Waals surface area contributed by atoms with E-state index >= 15 is 0 Å². The lowest BCUT2D eigenvalue weighted by Crippen LogP contribution is -2.35. The summed E-state index contributed by atoms with van der Waals surface area (Å²) >= 11 is 6.02. The van der Waals surface area contributed by atoms with E-state index in [0.717, 1.165) is 46.8 Å². The molecule has 2 N–H and O–H groups in total. The lowest BCUT2D eigenvalue weighted by atomic mass is 10.1. The molecular formula is C20H19ClN2O. The van der Waals surface area contributed by atoms with Crippen LogP contribution in [0, 0.1) is 18.8 Å². The van der Waals surface area contributed by atoms with E-state index in [0.29, 0.717) is 0 Å². The maximum absolute atomic E-state index is 12.1. The van der Waals surface area contributed by atoms with Gasteiger partial charge in [-0.1, -0.05) is 23.4 Å². The van der Waals surface area contributed by atoms with Gasteiger partial charge in [-0.15, -0.1) is 0 Å². The van der Waals surface area contributed by atoms with Crippen LogP contribution in [0.1, 0.15) is 29.5 Å². The third kappa shape index (κ3) is 4.17. The summed E-state index contributed by atoms with van der Waals surface area (Å²) in [4.78, 5) is 12.1. The number of nitrogens with one attached hydrogen (secondary N) is 2. The maximum Gasteiger partial charge on any atom is 0.241 e. The third-order valence-electron chi connectivity index (χ3n) is 4.04. The van der Waals surface area contributed by atoms with Gasteiger partial charge in [0.1, 0.15) is 0 Å².